The molecule has 0 fully saturated rings. The van der Waals surface area contributed by atoms with Crippen molar-refractivity contribution in [2.75, 3.05) is 13.9 Å². The van der Waals surface area contributed by atoms with Gasteiger partial charge in [0, 0.05) is 0 Å². The number of ether oxygens (including phenoxy) is 2. The van der Waals surface area contributed by atoms with Gasteiger partial charge in [-0.1, -0.05) is 6.07 Å². The van der Waals surface area contributed by atoms with Crippen LogP contribution in [0.3, 0.4) is 0 Å². The van der Waals surface area contributed by atoms with Crippen molar-refractivity contribution in [1.82, 2.24) is 0 Å². The predicted molar refractivity (Wildman–Crippen MR) is 64.0 cm³/mol. The van der Waals surface area contributed by atoms with Crippen molar-refractivity contribution < 1.29 is 34.4 Å². The summed E-state index contributed by atoms with van der Waals surface area (Å²) >= 11 is 0. The van der Waals surface area contributed by atoms with Gasteiger partial charge in [0.1, 0.15) is 5.57 Å². The van der Waals surface area contributed by atoms with E-state index in [9.17, 15) is 9.59 Å². The summed E-state index contributed by atoms with van der Waals surface area (Å²) in [6.45, 7) is -0.541. The van der Waals surface area contributed by atoms with Crippen LogP contribution in [0, 0.1) is 0 Å². The number of carboxylic acids is 2. The number of carboxylic acid groups (broad SMARTS) is 2. The largest absolute Gasteiger partial charge is 0.493 e. The molecule has 0 aliphatic heterocycles. The van der Waals surface area contributed by atoms with Crippen molar-refractivity contribution in [3.8, 4) is 11.5 Å². The van der Waals surface area contributed by atoms with Crippen LogP contribution in [-0.4, -0.2) is 41.2 Å². The summed E-state index contributed by atoms with van der Waals surface area (Å²) in [5, 5.41) is 26.1. The van der Waals surface area contributed by atoms with Gasteiger partial charge in [-0.15, -0.1) is 0 Å². The van der Waals surface area contributed by atoms with E-state index in [1.54, 1.807) is 0 Å². The van der Waals surface area contributed by atoms with Gasteiger partial charge in [0.05, 0.1) is 7.11 Å². The van der Waals surface area contributed by atoms with Gasteiger partial charge in [0.15, 0.2) is 18.3 Å². The highest BCUT2D eigenvalue weighted by Crippen LogP contribution is 2.28. The van der Waals surface area contributed by atoms with Crippen LogP contribution in [-0.2, 0) is 9.59 Å². The first-order valence-electron chi connectivity index (χ1n) is 5.09. The first kappa shape index (κ1) is 14.5. The van der Waals surface area contributed by atoms with Gasteiger partial charge < -0.3 is 24.8 Å². The number of hydrogen-bond donors (Lipinski definition) is 3. The molecular weight excluding hydrogens is 256 g/mol. The molecule has 0 bridgehead atoms. The third-order valence-electron chi connectivity index (χ3n) is 2.18. The molecule has 0 amide bonds. The van der Waals surface area contributed by atoms with Crippen molar-refractivity contribution in [2.45, 2.75) is 0 Å². The fourth-order valence-electron chi connectivity index (χ4n) is 1.34. The molecule has 1 aromatic rings. The predicted octanol–water partition coefficient (Wildman–Crippen LogP) is 0.576. The highest BCUT2D eigenvalue weighted by atomic mass is 16.6. The van der Waals surface area contributed by atoms with E-state index in [1.165, 1.54) is 25.3 Å². The molecule has 3 N–H and O–H groups in total. The lowest BCUT2D eigenvalue weighted by atomic mass is 10.1. The smallest absolute Gasteiger partial charge is 0.343 e. The van der Waals surface area contributed by atoms with E-state index in [0.717, 1.165) is 6.08 Å². The monoisotopic (exact) mass is 268 g/mol. The number of rotatable bonds is 6. The van der Waals surface area contributed by atoms with Gasteiger partial charge in [-0.3, -0.25) is 0 Å². The van der Waals surface area contributed by atoms with Gasteiger partial charge in [-0.05, 0) is 23.8 Å². The summed E-state index contributed by atoms with van der Waals surface area (Å²) in [7, 11) is 1.36. The lowest BCUT2D eigenvalue weighted by molar-refractivity contribution is -0.140. The topological polar surface area (TPSA) is 113 Å². The quantitative estimate of drug-likeness (QED) is 0.299. The molecule has 0 aliphatic carbocycles. The minimum absolute atomic E-state index is 0.248. The molecule has 0 radical (unpaired) electrons. The zero-order chi connectivity index (χ0) is 14.4. The highest BCUT2D eigenvalue weighted by molar-refractivity contribution is 6.16. The lowest BCUT2D eigenvalue weighted by Gasteiger charge is -2.09. The van der Waals surface area contributed by atoms with E-state index < -0.39 is 24.3 Å². The van der Waals surface area contributed by atoms with E-state index in [4.69, 9.17) is 24.8 Å². The molecule has 0 atom stereocenters. The van der Waals surface area contributed by atoms with Crippen molar-refractivity contribution in [3.05, 3.63) is 29.3 Å². The second kappa shape index (κ2) is 6.41. The third-order valence-corrected chi connectivity index (χ3v) is 2.18. The summed E-state index contributed by atoms with van der Waals surface area (Å²) in [6, 6.07) is 4.28. The fourth-order valence-corrected chi connectivity index (χ4v) is 1.34. The summed E-state index contributed by atoms with van der Waals surface area (Å²) < 4.78 is 9.84. The van der Waals surface area contributed by atoms with Crippen molar-refractivity contribution in [3.63, 3.8) is 0 Å². The van der Waals surface area contributed by atoms with E-state index >= 15 is 0 Å². The van der Waals surface area contributed by atoms with Crippen LogP contribution in [0.1, 0.15) is 5.56 Å². The van der Waals surface area contributed by atoms with E-state index in [1.807, 2.05) is 0 Å². The highest BCUT2D eigenvalue weighted by Gasteiger charge is 2.16. The number of carbonyl (C=O) groups is 2. The number of aliphatic hydroxyl groups excluding tert-OH is 1. The molecule has 1 rings (SSSR count). The summed E-state index contributed by atoms with van der Waals surface area (Å²) in [5.74, 6) is -2.57. The Labute approximate surface area is 108 Å². The first-order valence-corrected chi connectivity index (χ1v) is 5.09. The Bertz CT molecular complexity index is 503. The van der Waals surface area contributed by atoms with Crippen LogP contribution in [0.4, 0.5) is 0 Å². The number of hydrogen-bond acceptors (Lipinski definition) is 5. The van der Waals surface area contributed by atoms with Crippen LogP contribution in [0.5, 0.6) is 11.5 Å². The Morgan fingerprint density at radius 2 is 1.84 bits per heavy atom. The van der Waals surface area contributed by atoms with E-state index in [2.05, 4.69) is 0 Å². The Kier molecular flexibility index (Phi) is 4.90. The normalized spacial score (nSPS) is 9.58. The molecule has 0 aliphatic rings. The Morgan fingerprint density at radius 3 is 2.32 bits per heavy atom. The molecule has 0 saturated heterocycles. The fraction of sp³-hybridized carbons (Fsp3) is 0.167. The Balaban J connectivity index is 3.18. The molecular formula is C12H12O7. The molecule has 19 heavy (non-hydrogen) atoms. The van der Waals surface area contributed by atoms with Gasteiger partial charge >= 0.3 is 11.9 Å². The van der Waals surface area contributed by atoms with Gasteiger partial charge in [-0.25, -0.2) is 9.59 Å². The lowest BCUT2D eigenvalue weighted by Crippen LogP contribution is -2.10. The van der Waals surface area contributed by atoms with Gasteiger partial charge in [-0.2, -0.15) is 0 Å². The Hall–Kier alpha value is -2.54. The summed E-state index contributed by atoms with van der Waals surface area (Å²) in [4.78, 5) is 21.5. The standard InChI is InChI=1S/C12H12O7/c1-18-10-5-7(2-3-9(10)19-6-13)4-8(11(14)15)12(16)17/h2-5,13H,6H2,1H3,(H,14,15)(H,16,17). The second-order valence-corrected chi connectivity index (χ2v) is 3.35. The van der Waals surface area contributed by atoms with Crippen molar-refractivity contribution >= 4 is 18.0 Å². The molecule has 0 spiro atoms. The SMILES string of the molecule is COc1cc(C=C(C(=O)O)C(=O)O)ccc1OCO. The number of benzene rings is 1. The van der Waals surface area contributed by atoms with Crippen LogP contribution in [0.2, 0.25) is 0 Å². The molecule has 7 heteroatoms. The molecule has 0 saturated carbocycles. The maximum absolute atomic E-state index is 10.7. The van der Waals surface area contributed by atoms with Crippen LogP contribution in [0.25, 0.3) is 6.08 Å². The molecule has 102 valence electrons. The first-order chi connectivity index (χ1) is 8.99. The van der Waals surface area contributed by atoms with Gasteiger partial charge in [0.2, 0.25) is 0 Å². The van der Waals surface area contributed by atoms with Gasteiger partial charge in [0.25, 0.3) is 0 Å². The number of aliphatic hydroxyl groups is 1. The summed E-state index contributed by atoms with van der Waals surface area (Å²) in [5.41, 5.74) is -0.445. The second-order valence-electron chi connectivity index (χ2n) is 3.35. The zero-order valence-corrected chi connectivity index (χ0v) is 9.99. The number of aliphatic carboxylic acids is 2. The van der Waals surface area contributed by atoms with Crippen LogP contribution >= 0.6 is 0 Å². The van der Waals surface area contributed by atoms with Crippen LogP contribution in [0.15, 0.2) is 23.8 Å². The minimum Gasteiger partial charge on any atom is -0.493 e. The third kappa shape index (κ3) is 3.71. The maximum atomic E-state index is 10.7. The zero-order valence-electron chi connectivity index (χ0n) is 9.99. The summed E-state index contributed by atoms with van der Waals surface area (Å²) in [6.07, 6.45) is 0.996. The van der Waals surface area contributed by atoms with E-state index in [0.29, 0.717) is 5.56 Å². The molecule has 1 aromatic carbocycles. The molecule has 0 aromatic heterocycles. The minimum atomic E-state index is -1.54. The molecule has 0 unspecified atom stereocenters. The van der Waals surface area contributed by atoms with E-state index in [-0.39, 0.29) is 11.5 Å². The maximum Gasteiger partial charge on any atom is 0.343 e. The van der Waals surface area contributed by atoms with Crippen LogP contribution < -0.4 is 9.47 Å². The Morgan fingerprint density at radius 1 is 1.21 bits per heavy atom. The average molecular weight is 268 g/mol. The number of methoxy groups -OCH3 is 1. The average Bonchev–Trinajstić information content (AvgIpc) is 2.36. The van der Waals surface area contributed by atoms with Crippen molar-refractivity contribution in [2.24, 2.45) is 0 Å². The molecule has 7 nitrogen and oxygen atoms in total. The molecule has 0 heterocycles. The van der Waals surface area contributed by atoms with Crippen molar-refractivity contribution in [1.29, 1.82) is 0 Å².